The lowest BCUT2D eigenvalue weighted by atomic mass is 9.77. The molecular formula is C28H27N5O3S. The second-order valence-corrected chi connectivity index (χ2v) is 10.4. The van der Waals surface area contributed by atoms with Gasteiger partial charge in [0.2, 0.25) is 5.91 Å². The number of thiazole rings is 1. The predicted molar refractivity (Wildman–Crippen MR) is 143 cm³/mol. The van der Waals surface area contributed by atoms with Crippen LogP contribution in [0.25, 0.3) is 21.7 Å². The number of benzene rings is 2. The minimum atomic E-state index is -0.426. The Bertz CT molecular complexity index is 1430. The van der Waals surface area contributed by atoms with E-state index >= 15 is 0 Å². The van der Waals surface area contributed by atoms with Crippen molar-refractivity contribution in [3.05, 3.63) is 72.0 Å². The molecule has 2 amide bonds. The van der Waals surface area contributed by atoms with E-state index in [-0.39, 0.29) is 11.8 Å². The molecule has 0 unspecified atom stereocenters. The zero-order valence-electron chi connectivity index (χ0n) is 20.5. The van der Waals surface area contributed by atoms with Gasteiger partial charge in [-0.25, -0.2) is 4.98 Å². The molecule has 1 N–H and O–H groups in total. The molecule has 8 nitrogen and oxygen atoms in total. The molecule has 0 bridgehead atoms. The molecule has 0 saturated carbocycles. The van der Waals surface area contributed by atoms with E-state index < -0.39 is 5.41 Å². The van der Waals surface area contributed by atoms with Gasteiger partial charge in [-0.2, -0.15) is 5.10 Å². The van der Waals surface area contributed by atoms with Crippen LogP contribution in [0.1, 0.15) is 29.8 Å². The number of nitrogens with one attached hydrogen (secondary N) is 1. The normalized spacial score (nSPS) is 16.9. The van der Waals surface area contributed by atoms with Crippen LogP contribution in [0.4, 0.5) is 5.69 Å². The van der Waals surface area contributed by atoms with Gasteiger partial charge in [-0.1, -0.05) is 30.3 Å². The minimum absolute atomic E-state index is 0.0600. The van der Waals surface area contributed by atoms with Crippen molar-refractivity contribution in [1.82, 2.24) is 20.1 Å². The maximum absolute atomic E-state index is 13.7. The Kier molecular flexibility index (Phi) is 6.00. The summed E-state index contributed by atoms with van der Waals surface area (Å²) in [5.41, 5.74) is 3.75. The SMILES string of the molecule is COc1cc(N2CCC3(CCN(C(=O)c4csc(-c5ccccc5)n4)CC3)C2=O)ccc1-c1cn[nH]c1. The Labute approximate surface area is 218 Å². The lowest BCUT2D eigenvalue weighted by Crippen LogP contribution is -2.46. The van der Waals surface area contributed by atoms with E-state index in [1.165, 1.54) is 11.3 Å². The third kappa shape index (κ3) is 4.19. The Balaban J connectivity index is 1.14. The van der Waals surface area contributed by atoms with Crippen LogP contribution in [0.5, 0.6) is 5.75 Å². The number of hydrogen-bond acceptors (Lipinski definition) is 6. The number of aromatic amines is 1. The second kappa shape index (κ2) is 9.48. The summed E-state index contributed by atoms with van der Waals surface area (Å²) in [6, 6.07) is 15.7. The van der Waals surface area contributed by atoms with E-state index in [1.54, 1.807) is 13.3 Å². The van der Waals surface area contributed by atoms with Gasteiger partial charge in [0, 0.05) is 59.7 Å². The van der Waals surface area contributed by atoms with Crippen LogP contribution >= 0.6 is 11.3 Å². The summed E-state index contributed by atoms with van der Waals surface area (Å²) in [6.45, 7) is 1.77. The van der Waals surface area contributed by atoms with Crippen LogP contribution in [-0.2, 0) is 4.79 Å². The number of carbonyl (C=O) groups is 2. The van der Waals surface area contributed by atoms with Crippen LogP contribution in [0.3, 0.4) is 0 Å². The fourth-order valence-corrected chi connectivity index (χ4v) is 6.20. The molecule has 2 aromatic heterocycles. The average molecular weight is 514 g/mol. The summed E-state index contributed by atoms with van der Waals surface area (Å²) in [5, 5.41) is 9.52. The number of likely N-dealkylation sites (tertiary alicyclic amines) is 1. The number of amides is 2. The lowest BCUT2D eigenvalue weighted by molar-refractivity contribution is -0.127. The molecule has 188 valence electrons. The second-order valence-electron chi connectivity index (χ2n) is 9.55. The van der Waals surface area contributed by atoms with Crippen molar-refractivity contribution in [2.45, 2.75) is 19.3 Å². The van der Waals surface area contributed by atoms with Gasteiger partial charge >= 0.3 is 0 Å². The monoisotopic (exact) mass is 513 g/mol. The minimum Gasteiger partial charge on any atom is -0.496 e. The number of hydrogen-bond donors (Lipinski definition) is 1. The van der Waals surface area contributed by atoms with Crippen LogP contribution < -0.4 is 9.64 Å². The molecule has 2 saturated heterocycles. The summed E-state index contributed by atoms with van der Waals surface area (Å²) < 4.78 is 5.63. The van der Waals surface area contributed by atoms with Gasteiger partial charge in [-0.15, -0.1) is 11.3 Å². The van der Waals surface area contributed by atoms with Crippen molar-refractivity contribution in [3.8, 4) is 27.4 Å². The molecule has 1 spiro atoms. The van der Waals surface area contributed by atoms with E-state index in [0.29, 0.717) is 43.9 Å². The molecule has 6 rings (SSSR count). The fourth-order valence-electron chi connectivity index (χ4n) is 5.40. The van der Waals surface area contributed by atoms with Crippen molar-refractivity contribution in [2.75, 3.05) is 31.6 Å². The van der Waals surface area contributed by atoms with Gasteiger partial charge in [0.15, 0.2) is 0 Å². The largest absolute Gasteiger partial charge is 0.496 e. The standard InChI is InChI=1S/C28H27N5O3S/c1-36-24-15-21(7-8-22(24)20-16-29-30-17-20)33-14-11-28(27(33)35)9-12-32(13-10-28)26(34)23-18-37-25(31-23)19-5-3-2-4-6-19/h2-8,15-18H,9-14H2,1H3,(H,29,30). The first-order valence-corrected chi connectivity index (χ1v) is 13.3. The maximum Gasteiger partial charge on any atom is 0.273 e. The summed E-state index contributed by atoms with van der Waals surface area (Å²) >= 11 is 1.48. The van der Waals surface area contributed by atoms with E-state index in [4.69, 9.17) is 4.74 Å². The van der Waals surface area contributed by atoms with Gasteiger partial charge in [-0.3, -0.25) is 14.7 Å². The van der Waals surface area contributed by atoms with Crippen LogP contribution in [0.2, 0.25) is 0 Å². The van der Waals surface area contributed by atoms with Crippen molar-refractivity contribution in [3.63, 3.8) is 0 Å². The number of H-pyrrole nitrogens is 1. The number of carbonyl (C=O) groups excluding carboxylic acids is 2. The highest BCUT2D eigenvalue weighted by Gasteiger charge is 2.49. The fraction of sp³-hybridized carbons (Fsp3) is 0.286. The molecular weight excluding hydrogens is 486 g/mol. The Morgan fingerprint density at radius 2 is 1.84 bits per heavy atom. The number of methoxy groups -OCH3 is 1. The third-order valence-corrected chi connectivity index (χ3v) is 8.46. The zero-order chi connectivity index (χ0) is 25.4. The molecule has 2 aliphatic heterocycles. The van der Waals surface area contributed by atoms with Gasteiger partial charge in [0.1, 0.15) is 16.5 Å². The van der Waals surface area contributed by atoms with Crippen LogP contribution in [0.15, 0.2) is 66.3 Å². The van der Waals surface area contributed by atoms with Crippen molar-refractivity contribution in [1.29, 1.82) is 0 Å². The highest BCUT2D eigenvalue weighted by atomic mass is 32.1. The Hall–Kier alpha value is -3.98. The average Bonchev–Trinajstić information content (AvgIpc) is 3.71. The Morgan fingerprint density at radius 1 is 1.05 bits per heavy atom. The van der Waals surface area contributed by atoms with E-state index in [9.17, 15) is 9.59 Å². The van der Waals surface area contributed by atoms with Gasteiger partial charge in [0.05, 0.1) is 18.7 Å². The molecule has 0 aliphatic carbocycles. The number of ether oxygens (including phenoxy) is 1. The van der Waals surface area contributed by atoms with Gasteiger partial charge in [0.25, 0.3) is 5.91 Å². The number of anilines is 1. The summed E-state index contributed by atoms with van der Waals surface area (Å²) in [5.74, 6) is 0.777. The van der Waals surface area contributed by atoms with Gasteiger partial charge < -0.3 is 14.5 Å². The summed E-state index contributed by atoms with van der Waals surface area (Å²) in [6.07, 6.45) is 5.67. The highest BCUT2D eigenvalue weighted by Crippen LogP contribution is 2.44. The molecule has 0 atom stereocenters. The zero-order valence-corrected chi connectivity index (χ0v) is 21.3. The lowest BCUT2D eigenvalue weighted by Gasteiger charge is -2.37. The quantitative estimate of drug-likeness (QED) is 0.411. The number of rotatable bonds is 5. The Morgan fingerprint density at radius 3 is 2.57 bits per heavy atom. The highest BCUT2D eigenvalue weighted by molar-refractivity contribution is 7.13. The van der Waals surface area contributed by atoms with E-state index in [0.717, 1.165) is 33.8 Å². The predicted octanol–water partition coefficient (Wildman–Crippen LogP) is 4.87. The first-order chi connectivity index (χ1) is 18.1. The molecule has 2 fully saturated rings. The number of aromatic nitrogens is 3. The topological polar surface area (TPSA) is 91.4 Å². The molecule has 37 heavy (non-hydrogen) atoms. The van der Waals surface area contributed by atoms with Crippen molar-refractivity contribution < 1.29 is 14.3 Å². The number of nitrogens with zero attached hydrogens (tertiary/aromatic N) is 4. The van der Waals surface area contributed by atoms with E-state index in [2.05, 4.69) is 15.2 Å². The smallest absolute Gasteiger partial charge is 0.273 e. The van der Waals surface area contributed by atoms with Crippen molar-refractivity contribution >= 4 is 28.8 Å². The number of piperidine rings is 1. The van der Waals surface area contributed by atoms with Gasteiger partial charge in [-0.05, 0) is 31.4 Å². The summed E-state index contributed by atoms with van der Waals surface area (Å²) in [4.78, 5) is 35.1. The van der Waals surface area contributed by atoms with E-state index in [1.807, 2.05) is 69.9 Å². The molecule has 9 heteroatoms. The van der Waals surface area contributed by atoms with Crippen LogP contribution in [0, 0.1) is 5.41 Å². The first-order valence-electron chi connectivity index (χ1n) is 12.4. The van der Waals surface area contributed by atoms with Crippen LogP contribution in [-0.4, -0.2) is 58.6 Å². The molecule has 4 heterocycles. The maximum atomic E-state index is 13.7. The van der Waals surface area contributed by atoms with Crippen molar-refractivity contribution in [2.24, 2.45) is 5.41 Å². The third-order valence-electron chi connectivity index (χ3n) is 7.57. The molecule has 2 aromatic carbocycles. The molecule has 4 aromatic rings. The molecule has 0 radical (unpaired) electrons. The molecule has 2 aliphatic rings. The first kappa shape index (κ1) is 23.4. The summed E-state index contributed by atoms with van der Waals surface area (Å²) in [7, 11) is 1.63.